The maximum absolute atomic E-state index is 13.1. The smallest absolute Gasteiger partial charge is 0.242 e. The predicted molar refractivity (Wildman–Crippen MR) is 143 cm³/mol. The SMILES string of the molecule is COc1ccc2[nH]c(C)c(CC(=O)NC(CCCCCC(C)=O)C(=O)NC[C@@H](O)c3ccccc3)c2c1. The molecular weight excluding hydrogens is 470 g/mol. The highest BCUT2D eigenvalue weighted by molar-refractivity contribution is 5.93. The van der Waals surface area contributed by atoms with E-state index in [2.05, 4.69) is 15.6 Å². The Morgan fingerprint density at radius 3 is 2.51 bits per heavy atom. The fourth-order valence-electron chi connectivity index (χ4n) is 4.40. The van der Waals surface area contributed by atoms with Crippen LogP contribution in [0, 0.1) is 6.92 Å². The Bertz CT molecular complexity index is 1200. The van der Waals surface area contributed by atoms with Gasteiger partial charge >= 0.3 is 0 Å². The number of aliphatic hydroxyl groups is 1. The van der Waals surface area contributed by atoms with Crippen LogP contribution in [0.25, 0.3) is 10.9 Å². The first-order valence-corrected chi connectivity index (χ1v) is 12.7. The van der Waals surface area contributed by atoms with E-state index < -0.39 is 12.1 Å². The van der Waals surface area contributed by atoms with E-state index in [-0.39, 0.29) is 30.6 Å². The maximum Gasteiger partial charge on any atom is 0.242 e. The molecule has 2 atom stereocenters. The van der Waals surface area contributed by atoms with E-state index in [0.29, 0.717) is 30.6 Å². The summed E-state index contributed by atoms with van der Waals surface area (Å²) >= 11 is 0. The number of ketones is 1. The highest BCUT2D eigenvalue weighted by Crippen LogP contribution is 2.27. The van der Waals surface area contributed by atoms with Crippen LogP contribution in [0.15, 0.2) is 48.5 Å². The van der Waals surface area contributed by atoms with E-state index in [9.17, 15) is 19.5 Å². The molecule has 0 fully saturated rings. The first-order chi connectivity index (χ1) is 17.8. The molecule has 8 heteroatoms. The average molecular weight is 508 g/mol. The molecule has 1 unspecified atom stereocenters. The number of H-pyrrole nitrogens is 1. The molecule has 3 aromatic rings. The second-order valence-electron chi connectivity index (χ2n) is 9.41. The first-order valence-electron chi connectivity index (χ1n) is 12.7. The summed E-state index contributed by atoms with van der Waals surface area (Å²) in [6.45, 7) is 3.52. The van der Waals surface area contributed by atoms with E-state index >= 15 is 0 Å². The zero-order chi connectivity index (χ0) is 26.8. The number of aliphatic hydroxyl groups excluding tert-OH is 1. The van der Waals surface area contributed by atoms with Crippen LogP contribution < -0.4 is 15.4 Å². The van der Waals surface area contributed by atoms with Gasteiger partial charge in [-0.3, -0.25) is 9.59 Å². The Hall–Kier alpha value is -3.65. The molecule has 2 amide bonds. The Kier molecular flexibility index (Phi) is 10.3. The van der Waals surface area contributed by atoms with Crippen LogP contribution >= 0.6 is 0 Å². The van der Waals surface area contributed by atoms with Crippen molar-refractivity contribution in [1.29, 1.82) is 0 Å². The van der Waals surface area contributed by atoms with Gasteiger partial charge < -0.3 is 30.3 Å². The van der Waals surface area contributed by atoms with Gasteiger partial charge in [-0.05, 0) is 56.0 Å². The topological polar surface area (TPSA) is 121 Å². The maximum atomic E-state index is 13.1. The van der Waals surface area contributed by atoms with Crippen LogP contribution in [-0.2, 0) is 20.8 Å². The zero-order valence-electron chi connectivity index (χ0n) is 21.8. The van der Waals surface area contributed by atoms with Crippen molar-refractivity contribution in [1.82, 2.24) is 15.6 Å². The van der Waals surface area contributed by atoms with Crippen molar-refractivity contribution in [2.45, 2.75) is 64.5 Å². The predicted octanol–water partition coefficient (Wildman–Crippen LogP) is 3.90. The Morgan fingerprint density at radius 1 is 1.05 bits per heavy atom. The number of hydrogen-bond acceptors (Lipinski definition) is 5. The van der Waals surface area contributed by atoms with Crippen molar-refractivity contribution in [2.75, 3.05) is 13.7 Å². The van der Waals surface area contributed by atoms with Crippen LogP contribution in [0.1, 0.15) is 62.0 Å². The third-order valence-electron chi connectivity index (χ3n) is 6.49. The molecule has 3 rings (SSSR count). The van der Waals surface area contributed by atoms with Gasteiger partial charge in [0.05, 0.1) is 19.6 Å². The van der Waals surface area contributed by atoms with Crippen LogP contribution in [0.4, 0.5) is 0 Å². The van der Waals surface area contributed by atoms with Gasteiger partial charge in [-0.25, -0.2) is 0 Å². The summed E-state index contributed by atoms with van der Waals surface area (Å²) in [5.74, 6) is 0.239. The lowest BCUT2D eigenvalue weighted by molar-refractivity contribution is -0.129. The monoisotopic (exact) mass is 507 g/mol. The number of carbonyl (C=O) groups is 3. The van der Waals surface area contributed by atoms with Crippen molar-refractivity contribution in [2.24, 2.45) is 0 Å². The van der Waals surface area contributed by atoms with Crippen LogP contribution in [0.2, 0.25) is 0 Å². The molecule has 0 spiro atoms. The van der Waals surface area contributed by atoms with Crippen LogP contribution in [0.3, 0.4) is 0 Å². The quantitative estimate of drug-likeness (QED) is 0.247. The summed E-state index contributed by atoms with van der Waals surface area (Å²) in [4.78, 5) is 40.6. The van der Waals surface area contributed by atoms with E-state index in [1.54, 1.807) is 26.2 Å². The molecule has 1 aromatic heterocycles. The lowest BCUT2D eigenvalue weighted by Gasteiger charge is -2.20. The summed E-state index contributed by atoms with van der Waals surface area (Å²) in [6.07, 6.45) is 2.44. The molecule has 0 aliphatic heterocycles. The highest BCUT2D eigenvalue weighted by Gasteiger charge is 2.23. The molecule has 2 aromatic carbocycles. The number of nitrogens with one attached hydrogen (secondary N) is 3. The third-order valence-corrected chi connectivity index (χ3v) is 6.49. The van der Waals surface area contributed by atoms with Crippen molar-refractivity contribution in [3.8, 4) is 5.75 Å². The lowest BCUT2D eigenvalue weighted by Crippen LogP contribution is -2.48. The fourth-order valence-corrected chi connectivity index (χ4v) is 4.40. The molecule has 37 heavy (non-hydrogen) atoms. The molecule has 0 aliphatic rings. The molecule has 0 aliphatic carbocycles. The van der Waals surface area contributed by atoms with Gasteiger partial charge in [-0.15, -0.1) is 0 Å². The number of aromatic nitrogens is 1. The fraction of sp³-hybridized carbons (Fsp3) is 0.414. The number of unbranched alkanes of at least 4 members (excludes halogenated alkanes) is 2. The molecule has 0 saturated carbocycles. The lowest BCUT2D eigenvalue weighted by atomic mass is 10.0. The summed E-state index contributed by atoms with van der Waals surface area (Å²) in [5.41, 5.74) is 3.36. The van der Waals surface area contributed by atoms with Crippen molar-refractivity contribution < 1.29 is 24.2 Å². The normalized spacial score (nSPS) is 12.6. The minimum atomic E-state index is -0.846. The zero-order valence-corrected chi connectivity index (χ0v) is 21.8. The molecule has 8 nitrogen and oxygen atoms in total. The minimum Gasteiger partial charge on any atom is -0.497 e. The molecule has 4 N–H and O–H groups in total. The highest BCUT2D eigenvalue weighted by atomic mass is 16.5. The van der Waals surface area contributed by atoms with Crippen molar-refractivity contribution in [3.63, 3.8) is 0 Å². The van der Waals surface area contributed by atoms with Crippen molar-refractivity contribution >= 4 is 28.5 Å². The second kappa shape index (κ2) is 13.6. The van der Waals surface area contributed by atoms with Gasteiger partial charge in [0.25, 0.3) is 0 Å². The second-order valence-corrected chi connectivity index (χ2v) is 9.41. The van der Waals surface area contributed by atoms with Gasteiger partial charge in [0.2, 0.25) is 11.8 Å². The molecule has 0 bridgehead atoms. The number of ether oxygens (including phenoxy) is 1. The third kappa shape index (κ3) is 8.18. The van der Waals surface area contributed by atoms with Gasteiger partial charge in [0, 0.05) is 29.6 Å². The first kappa shape index (κ1) is 27.9. The van der Waals surface area contributed by atoms with Crippen LogP contribution in [-0.4, -0.2) is 47.4 Å². The molecule has 0 saturated heterocycles. The number of aromatic amines is 1. The van der Waals surface area contributed by atoms with Gasteiger partial charge in [-0.1, -0.05) is 43.2 Å². The number of hydrogen-bond donors (Lipinski definition) is 4. The molecule has 1 heterocycles. The minimum absolute atomic E-state index is 0.0426. The summed E-state index contributed by atoms with van der Waals surface area (Å²) in [7, 11) is 1.60. The number of methoxy groups -OCH3 is 1. The Balaban J connectivity index is 1.66. The van der Waals surface area contributed by atoms with Gasteiger partial charge in [0.1, 0.15) is 17.6 Å². The number of rotatable bonds is 14. The summed E-state index contributed by atoms with van der Waals surface area (Å²) in [6, 6.07) is 14.0. The van der Waals surface area contributed by atoms with Crippen LogP contribution in [0.5, 0.6) is 5.75 Å². The van der Waals surface area contributed by atoms with Gasteiger partial charge in [-0.2, -0.15) is 0 Å². The van der Waals surface area contributed by atoms with E-state index in [4.69, 9.17) is 4.74 Å². The van der Waals surface area contributed by atoms with Crippen molar-refractivity contribution in [3.05, 3.63) is 65.4 Å². The number of amides is 2. The van der Waals surface area contributed by atoms with E-state index in [0.717, 1.165) is 35.0 Å². The summed E-state index contributed by atoms with van der Waals surface area (Å²) < 4.78 is 5.34. The molecule has 198 valence electrons. The van der Waals surface area contributed by atoms with E-state index in [1.165, 1.54) is 0 Å². The Morgan fingerprint density at radius 2 is 1.81 bits per heavy atom. The number of aryl methyl sites for hydroxylation is 1. The van der Waals surface area contributed by atoms with Gasteiger partial charge in [0.15, 0.2) is 0 Å². The average Bonchev–Trinajstić information content (AvgIpc) is 3.20. The largest absolute Gasteiger partial charge is 0.497 e. The summed E-state index contributed by atoms with van der Waals surface area (Å²) in [5, 5.41) is 17.0. The number of Topliss-reactive ketones (excluding diaryl/α,β-unsaturated/α-hetero) is 1. The molecule has 0 radical (unpaired) electrons. The standard InChI is InChI=1S/C29H37N3O5/c1-19(33)10-6-4-9-13-26(29(36)30-18-27(34)21-11-7-5-8-12-21)32-28(35)17-23-20(2)31-25-15-14-22(37-3)16-24(23)25/h5,7-8,11-12,14-16,26-27,31,34H,4,6,9-10,13,17-18H2,1-3H3,(H,30,36)(H,32,35)/t26?,27-/m1/s1. The molecular formula is C29H37N3O5. The number of fused-ring (bicyclic) bond motifs is 1. The number of carbonyl (C=O) groups excluding carboxylic acids is 3. The van der Waals surface area contributed by atoms with E-state index in [1.807, 2.05) is 43.3 Å². The Labute approximate surface area is 217 Å². The number of benzene rings is 2.